The quantitative estimate of drug-likeness (QED) is 0.473. The smallest absolute Gasteiger partial charge is 0.292 e. The summed E-state index contributed by atoms with van der Waals surface area (Å²) in [5.41, 5.74) is 1.82. The van der Waals surface area contributed by atoms with Crippen LogP contribution in [0.3, 0.4) is 0 Å². The van der Waals surface area contributed by atoms with Crippen LogP contribution in [0.5, 0.6) is 0 Å². The van der Waals surface area contributed by atoms with Gasteiger partial charge in [0.15, 0.2) is 5.78 Å². The van der Waals surface area contributed by atoms with E-state index >= 15 is 0 Å². The Morgan fingerprint density at radius 1 is 1.44 bits per heavy atom. The Hall–Kier alpha value is -2.24. The van der Waals surface area contributed by atoms with E-state index in [-0.39, 0.29) is 5.69 Å². The van der Waals surface area contributed by atoms with Crippen molar-refractivity contribution < 1.29 is 17.8 Å². The van der Waals surface area contributed by atoms with Crippen LogP contribution in [0.2, 0.25) is 0 Å². The van der Waals surface area contributed by atoms with E-state index in [9.17, 15) is 13.2 Å². The molecule has 0 aromatic heterocycles. The zero-order chi connectivity index (χ0) is 13.8. The lowest BCUT2D eigenvalue weighted by Crippen LogP contribution is -2.10. The highest BCUT2D eigenvalue weighted by Crippen LogP contribution is 2.20. The number of nitrogens with one attached hydrogen (secondary N) is 1. The number of carbonyl (C=O) groups excluding carboxylic acids is 1. The molecule has 0 aliphatic heterocycles. The van der Waals surface area contributed by atoms with E-state index in [0.717, 1.165) is 13.0 Å². The summed E-state index contributed by atoms with van der Waals surface area (Å²) in [5, 5.41) is 12.1. The maximum Gasteiger partial charge on any atom is 0.296 e. The van der Waals surface area contributed by atoms with Crippen molar-refractivity contribution in [1.29, 1.82) is 5.26 Å². The lowest BCUT2D eigenvalue weighted by molar-refractivity contribution is -0.110. The predicted octanol–water partition coefficient (Wildman–Crippen LogP) is 0.814. The molecule has 0 bridgehead atoms. The number of ketones is 1. The molecule has 1 aromatic carbocycles. The van der Waals surface area contributed by atoms with Gasteiger partial charge in [-0.2, -0.15) is 18.8 Å². The third-order valence-corrected chi connectivity index (χ3v) is 2.80. The van der Waals surface area contributed by atoms with Crippen LogP contribution in [0.4, 0.5) is 5.69 Å². The van der Waals surface area contributed by atoms with Crippen molar-refractivity contribution in [3.63, 3.8) is 0 Å². The van der Waals surface area contributed by atoms with Gasteiger partial charge in [0.1, 0.15) is 11.0 Å². The predicted molar refractivity (Wildman–Crippen MR) is 63.6 cm³/mol. The molecule has 0 heterocycles. The largest absolute Gasteiger partial charge is 0.296 e. The Kier molecular flexibility index (Phi) is 4.14. The maximum atomic E-state index is 11.0. The highest BCUT2D eigenvalue weighted by molar-refractivity contribution is 7.86. The molecule has 2 N–H and O–H groups in total. The van der Waals surface area contributed by atoms with E-state index in [1.807, 2.05) is 0 Å². The molecule has 0 aliphatic rings. The molecule has 1 aromatic rings. The van der Waals surface area contributed by atoms with Gasteiger partial charge in [-0.05, 0) is 12.1 Å². The monoisotopic (exact) mass is 267 g/mol. The molecular weight excluding hydrogens is 258 g/mol. The van der Waals surface area contributed by atoms with Crippen molar-refractivity contribution in [3.05, 3.63) is 24.3 Å². The van der Waals surface area contributed by atoms with Crippen LogP contribution in [0.25, 0.3) is 0 Å². The van der Waals surface area contributed by atoms with Crippen molar-refractivity contribution >= 4 is 27.3 Å². The van der Waals surface area contributed by atoms with E-state index in [2.05, 4.69) is 10.5 Å². The number of carbonyl (C=O) groups is 1. The van der Waals surface area contributed by atoms with Crippen LogP contribution in [-0.4, -0.2) is 24.5 Å². The fraction of sp³-hybridized carbons (Fsp3) is 0.100. The van der Waals surface area contributed by atoms with Gasteiger partial charge in [-0.25, -0.2) is 0 Å². The van der Waals surface area contributed by atoms with Gasteiger partial charge in [-0.15, -0.1) is 0 Å². The summed E-state index contributed by atoms with van der Waals surface area (Å²) >= 11 is 0. The molecular formula is C10H9N3O4S. The van der Waals surface area contributed by atoms with Gasteiger partial charge in [-0.3, -0.25) is 14.8 Å². The van der Waals surface area contributed by atoms with Gasteiger partial charge in [-0.1, -0.05) is 12.1 Å². The molecule has 7 nitrogen and oxygen atoms in total. The molecule has 0 aliphatic carbocycles. The van der Waals surface area contributed by atoms with E-state index in [1.54, 1.807) is 6.07 Å². The number of para-hydroxylation sites is 1. The van der Waals surface area contributed by atoms with Gasteiger partial charge in [0, 0.05) is 6.92 Å². The summed E-state index contributed by atoms with van der Waals surface area (Å²) < 4.78 is 31.0. The van der Waals surface area contributed by atoms with Gasteiger partial charge in [0.2, 0.25) is 5.71 Å². The van der Waals surface area contributed by atoms with Crippen LogP contribution in [0, 0.1) is 11.3 Å². The van der Waals surface area contributed by atoms with E-state index in [4.69, 9.17) is 9.81 Å². The van der Waals surface area contributed by atoms with Crippen LogP contribution < -0.4 is 5.43 Å². The zero-order valence-electron chi connectivity index (χ0n) is 9.28. The molecule has 0 amide bonds. The molecule has 94 valence electrons. The second kappa shape index (κ2) is 5.39. The van der Waals surface area contributed by atoms with Gasteiger partial charge >= 0.3 is 0 Å². The number of hydrogen-bond donors (Lipinski definition) is 2. The Balaban J connectivity index is 3.15. The number of anilines is 1. The Bertz CT molecular complexity index is 643. The van der Waals surface area contributed by atoms with Crippen molar-refractivity contribution in [2.24, 2.45) is 5.10 Å². The minimum Gasteiger partial charge on any atom is -0.292 e. The molecule has 0 saturated carbocycles. The van der Waals surface area contributed by atoms with Gasteiger partial charge in [0.25, 0.3) is 10.1 Å². The van der Waals surface area contributed by atoms with Crippen LogP contribution >= 0.6 is 0 Å². The molecule has 1 rings (SSSR count). The van der Waals surface area contributed by atoms with Crippen molar-refractivity contribution in [2.45, 2.75) is 11.8 Å². The van der Waals surface area contributed by atoms with Gasteiger partial charge < -0.3 is 0 Å². The lowest BCUT2D eigenvalue weighted by atomic mass is 10.3. The minimum absolute atomic E-state index is 0.0333. The topological polar surface area (TPSA) is 120 Å². The van der Waals surface area contributed by atoms with E-state index in [1.165, 1.54) is 18.2 Å². The molecule has 0 spiro atoms. The fourth-order valence-corrected chi connectivity index (χ4v) is 1.72. The molecule has 8 heteroatoms. The van der Waals surface area contributed by atoms with Crippen LogP contribution in [0.15, 0.2) is 34.3 Å². The second-order valence-electron chi connectivity index (χ2n) is 3.21. The summed E-state index contributed by atoms with van der Waals surface area (Å²) in [6.07, 6.45) is 0. The molecule has 0 atom stereocenters. The first kappa shape index (κ1) is 13.8. The summed E-state index contributed by atoms with van der Waals surface area (Å²) in [6, 6.07) is 6.97. The Morgan fingerprint density at radius 2 is 2.06 bits per heavy atom. The summed E-state index contributed by atoms with van der Waals surface area (Å²) in [6.45, 7) is 1.15. The highest BCUT2D eigenvalue weighted by Gasteiger charge is 2.14. The number of hydrazone groups is 1. The van der Waals surface area contributed by atoms with Crippen molar-refractivity contribution in [1.82, 2.24) is 0 Å². The molecule has 0 unspecified atom stereocenters. The van der Waals surface area contributed by atoms with E-state index in [0.29, 0.717) is 0 Å². The SMILES string of the molecule is CC(=O)/C(C#N)=N/Nc1ccccc1S(=O)(=O)O. The number of hydrogen-bond acceptors (Lipinski definition) is 6. The normalized spacial score (nSPS) is 11.7. The maximum absolute atomic E-state index is 11.0. The summed E-state index contributed by atoms with van der Waals surface area (Å²) in [7, 11) is -4.41. The van der Waals surface area contributed by atoms with Crippen molar-refractivity contribution in [2.75, 3.05) is 5.43 Å². The second-order valence-corrected chi connectivity index (χ2v) is 4.60. The average molecular weight is 267 g/mol. The number of nitrogens with zero attached hydrogens (tertiary/aromatic N) is 2. The number of Topliss-reactive ketones (excluding diaryl/α,β-unsaturated/α-hetero) is 1. The van der Waals surface area contributed by atoms with E-state index < -0.39 is 26.5 Å². The zero-order valence-corrected chi connectivity index (χ0v) is 10.1. The van der Waals surface area contributed by atoms with Crippen LogP contribution in [0.1, 0.15) is 6.92 Å². The average Bonchev–Trinajstić information content (AvgIpc) is 2.28. The summed E-state index contributed by atoms with van der Waals surface area (Å²) in [5.74, 6) is -0.561. The fourth-order valence-electron chi connectivity index (χ4n) is 1.08. The molecule has 0 radical (unpaired) electrons. The first-order chi connectivity index (χ1) is 8.36. The Morgan fingerprint density at radius 3 is 2.56 bits per heavy atom. The third-order valence-electron chi connectivity index (χ3n) is 1.89. The highest BCUT2D eigenvalue weighted by atomic mass is 32.2. The van der Waals surface area contributed by atoms with Crippen molar-refractivity contribution in [3.8, 4) is 6.07 Å². The third kappa shape index (κ3) is 3.38. The standard InChI is InChI=1S/C10H9N3O4S/c1-7(14)9(6-11)13-12-8-4-2-3-5-10(8)18(15,16)17/h2-5,12H,1H3,(H,15,16,17)/b13-9+. The molecule has 0 saturated heterocycles. The number of rotatable bonds is 4. The lowest BCUT2D eigenvalue weighted by Gasteiger charge is -2.05. The number of benzene rings is 1. The Labute approximate surface area is 103 Å². The first-order valence-corrected chi connectivity index (χ1v) is 6.11. The van der Waals surface area contributed by atoms with Crippen LogP contribution in [-0.2, 0) is 14.9 Å². The summed E-state index contributed by atoms with van der Waals surface area (Å²) in [4.78, 5) is 10.5. The first-order valence-electron chi connectivity index (χ1n) is 4.67. The molecule has 18 heavy (non-hydrogen) atoms. The van der Waals surface area contributed by atoms with Gasteiger partial charge in [0.05, 0.1) is 5.69 Å². The molecule has 0 fully saturated rings. The number of nitriles is 1. The minimum atomic E-state index is -4.41.